The van der Waals surface area contributed by atoms with Crippen LogP contribution in [0.15, 0.2) is 97.2 Å². The molecule has 0 saturated carbocycles. The number of methoxy groups -OCH3 is 2. The normalized spacial score (nSPS) is 10.5. The summed E-state index contributed by atoms with van der Waals surface area (Å²) in [5, 5.41) is 0. The molecule has 194 valence electrons. The summed E-state index contributed by atoms with van der Waals surface area (Å²) in [5.74, 6) is 0.626. The summed E-state index contributed by atoms with van der Waals surface area (Å²) in [4.78, 5) is 31.5. The van der Waals surface area contributed by atoms with E-state index in [1.165, 1.54) is 7.11 Å². The van der Waals surface area contributed by atoms with Gasteiger partial charge in [0.25, 0.3) is 5.91 Å². The predicted octanol–water partition coefficient (Wildman–Crippen LogP) is 5.34. The van der Waals surface area contributed by atoms with Gasteiger partial charge in [0.2, 0.25) is 0 Å². The van der Waals surface area contributed by atoms with Crippen molar-refractivity contribution >= 4 is 11.9 Å². The van der Waals surface area contributed by atoms with E-state index in [2.05, 4.69) is 4.98 Å². The Bertz CT molecular complexity index is 1340. The SMILES string of the molecule is COC(=O)c1ccc(C(=O)N(CCc2ccccn2)Cc2ccc(OCc3ccccc3)c(OC)c2)cc1. The van der Waals surface area contributed by atoms with Crippen LogP contribution in [-0.4, -0.2) is 42.5 Å². The lowest BCUT2D eigenvalue weighted by Gasteiger charge is -2.24. The van der Waals surface area contributed by atoms with Gasteiger partial charge in [-0.3, -0.25) is 9.78 Å². The van der Waals surface area contributed by atoms with Gasteiger partial charge in [0, 0.05) is 37.0 Å². The predicted molar refractivity (Wildman–Crippen MR) is 144 cm³/mol. The Balaban J connectivity index is 1.52. The molecule has 0 spiro atoms. The van der Waals surface area contributed by atoms with Gasteiger partial charge >= 0.3 is 5.97 Å². The fourth-order valence-electron chi connectivity index (χ4n) is 3.98. The van der Waals surface area contributed by atoms with Gasteiger partial charge in [-0.15, -0.1) is 0 Å². The average Bonchev–Trinajstić information content (AvgIpc) is 2.98. The fraction of sp³-hybridized carbons (Fsp3) is 0.194. The zero-order valence-corrected chi connectivity index (χ0v) is 21.5. The minimum absolute atomic E-state index is 0.152. The first kappa shape index (κ1) is 26.4. The van der Waals surface area contributed by atoms with E-state index in [-0.39, 0.29) is 5.91 Å². The third-order valence-electron chi connectivity index (χ3n) is 6.04. The van der Waals surface area contributed by atoms with Crippen molar-refractivity contribution in [1.82, 2.24) is 9.88 Å². The highest BCUT2D eigenvalue weighted by molar-refractivity contribution is 5.96. The van der Waals surface area contributed by atoms with Crippen LogP contribution in [0.4, 0.5) is 0 Å². The topological polar surface area (TPSA) is 78.0 Å². The summed E-state index contributed by atoms with van der Waals surface area (Å²) in [6, 6.07) is 27.8. The quantitative estimate of drug-likeness (QED) is 0.254. The summed E-state index contributed by atoms with van der Waals surface area (Å²) in [7, 11) is 2.92. The number of pyridine rings is 1. The summed E-state index contributed by atoms with van der Waals surface area (Å²) < 4.78 is 16.3. The Morgan fingerprint density at radius 2 is 1.53 bits per heavy atom. The van der Waals surface area contributed by atoms with E-state index < -0.39 is 5.97 Å². The molecule has 7 nitrogen and oxygen atoms in total. The molecule has 0 aliphatic rings. The number of hydrogen-bond donors (Lipinski definition) is 0. The first-order valence-electron chi connectivity index (χ1n) is 12.3. The zero-order valence-electron chi connectivity index (χ0n) is 21.5. The van der Waals surface area contributed by atoms with E-state index in [4.69, 9.17) is 14.2 Å². The molecule has 0 fully saturated rings. The molecule has 1 amide bonds. The molecule has 0 atom stereocenters. The van der Waals surface area contributed by atoms with Crippen LogP contribution in [0.25, 0.3) is 0 Å². The summed E-state index contributed by atoms with van der Waals surface area (Å²) in [6.45, 7) is 1.25. The number of benzene rings is 3. The van der Waals surface area contributed by atoms with E-state index in [9.17, 15) is 9.59 Å². The minimum atomic E-state index is -0.447. The van der Waals surface area contributed by atoms with E-state index in [0.717, 1.165) is 16.8 Å². The van der Waals surface area contributed by atoms with Crippen molar-refractivity contribution in [3.63, 3.8) is 0 Å². The van der Waals surface area contributed by atoms with Gasteiger partial charge in [0.05, 0.1) is 19.8 Å². The molecule has 38 heavy (non-hydrogen) atoms. The standard InChI is InChI=1S/C31H30N2O5/c1-36-29-20-24(11-16-28(29)38-22-23-8-4-3-5-9-23)21-33(19-17-27-10-6-7-18-32-27)30(34)25-12-14-26(15-13-25)31(35)37-2/h3-16,18,20H,17,19,21-22H2,1-2H3. The van der Waals surface area contributed by atoms with Crippen LogP contribution in [-0.2, 0) is 24.3 Å². The molecule has 0 aliphatic carbocycles. The molecule has 3 aromatic carbocycles. The Morgan fingerprint density at radius 1 is 0.789 bits per heavy atom. The lowest BCUT2D eigenvalue weighted by Crippen LogP contribution is -2.32. The van der Waals surface area contributed by atoms with Crippen LogP contribution in [0.3, 0.4) is 0 Å². The highest BCUT2D eigenvalue weighted by Gasteiger charge is 2.18. The second-order valence-corrected chi connectivity index (χ2v) is 8.63. The molecule has 0 N–H and O–H groups in total. The van der Waals surface area contributed by atoms with Crippen molar-refractivity contribution in [3.8, 4) is 11.5 Å². The van der Waals surface area contributed by atoms with E-state index in [1.54, 1.807) is 42.5 Å². The molecule has 4 rings (SSSR count). The van der Waals surface area contributed by atoms with Gasteiger partial charge in [-0.05, 0) is 59.7 Å². The molecule has 0 bridgehead atoms. The molecule has 1 aromatic heterocycles. The first-order chi connectivity index (χ1) is 18.6. The summed E-state index contributed by atoms with van der Waals surface area (Å²) >= 11 is 0. The van der Waals surface area contributed by atoms with Crippen LogP contribution in [0.1, 0.15) is 37.5 Å². The van der Waals surface area contributed by atoms with Crippen LogP contribution < -0.4 is 9.47 Å². The van der Waals surface area contributed by atoms with Crippen molar-refractivity contribution in [2.75, 3.05) is 20.8 Å². The fourth-order valence-corrected chi connectivity index (χ4v) is 3.98. The highest BCUT2D eigenvalue weighted by atomic mass is 16.5. The molecule has 0 saturated heterocycles. The monoisotopic (exact) mass is 510 g/mol. The van der Waals surface area contributed by atoms with Gasteiger partial charge in [-0.25, -0.2) is 4.79 Å². The van der Waals surface area contributed by atoms with Crippen molar-refractivity contribution in [3.05, 3.63) is 125 Å². The van der Waals surface area contributed by atoms with Gasteiger partial charge in [-0.1, -0.05) is 42.5 Å². The second kappa shape index (κ2) is 13.1. The third-order valence-corrected chi connectivity index (χ3v) is 6.04. The van der Waals surface area contributed by atoms with Gasteiger partial charge < -0.3 is 19.1 Å². The lowest BCUT2D eigenvalue weighted by molar-refractivity contribution is 0.0599. The lowest BCUT2D eigenvalue weighted by atomic mass is 10.1. The van der Waals surface area contributed by atoms with Crippen LogP contribution >= 0.6 is 0 Å². The van der Waals surface area contributed by atoms with Gasteiger partial charge in [-0.2, -0.15) is 0 Å². The molecular formula is C31H30N2O5. The van der Waals surface area contributed by atoms with Crippen molar-refractivity contribution < 1.29 is 23.8 Å². The Labute approximate surface area is 222 Å². The molecule has 0 radical (unpaired) electrons. The van der Waals surface area contributed by atoms with Crippen LogP contribution in [0.2, 0.25) is 0 Å². The second-order valence-electron chi connectivity index (χ2n) is 8.63. The van der Waals surface area contributed by atoms with Crippen molar-refractivity contribution in [1.29, 1.82) is 0 Å². The van der Waals surface area contributed by atoms with E-state index in [0.29, 0.717) is 48.7 Å². The Kier molecular flexibility index (Phi) is 9.07. The summed E-state index contributed by atoms with van der Waals surface area (Å²) in [6.07, 6.45) is 2.34. The van der Waals surface area contributed by atoms with E-state index >= 15 is 0 Å². The number of nitrogens with zero attached hydrogens (tertiary/aromatic N) is 2. The summed E-state index contributed by atoms with van der Waals surface area (Å²) in [5.41, 5.74) is 3.72. The maximum atomic E-state index is 13.5. The van der Waals surface area contributed by atoms with Crippen molar-refractivity contribution in [2.45, 2.75) is 19.6 Å². The maximum Gasteiger partial charge on any atom is 0.337 e. The zero-order chi connectivity index (χ0) is 26.7. The van der Waals surface area contributed by atoms with Crippen LogP contribution in [0.5, 0.6) is 11.5 Å². The van der Waals surface area contributed by atoms with E-state index in [1.807, 2.05) is 66.7 Å². The van der Waals surface area contributed by atoms with Gasteiger partial charge in [0.1, 0.15) is 6.61 Å². The highest BCUT2D eigenvalue weighted by Crippen LogP contribution is 2.29. The Morgan fingerprint density at radius 3 is 2.21 bits per heavy atom. The first-order valence-corrected chi connectivity index (χ1v) is 12.3. The number of carbonyl (C=O) groups excluding carboxylic acids is 2. The third kappa shape index (κ3) is 6.97. The minimum Gasteiger partial charge on any atom is -0.493 e. The number of amides is 1. The molecule has 7 heteroatoms. The van der Waals surface area contributed by atoms with Gasteiger partial charge in [0.15, 0.2) is 11.5 Å². The molecule has 0 aliphatic heterocycles. The maximum absolute atomic E-state index is 13.5. The van der Waals surface area contributed by atoms with Crippen molar-refractivity contribution in [2.24, 2.45) is 0 Å². The number of esters is 1. The number of aromatic nitrogens is 1. The number of rotatable bonds is 11. The average molecular weight is 511 g/mol. The van der Waals surface area contributed by atoms with Crippen LogP contribution in [0, 0.1) is 0 Å². The number of ether oxygens (including phenoxy) is 3. The number of hydrogen-bond acceptors (Lipinski definition) is 6. The number of carbonyl (C=O) groups is 2. The largest absolute Gasteiger partial charge is 0.493 e. The molecule has 1 heterocycles. The molecular weight excluding hydrogens is 480 g/mol. The Hall–Kier alpha value is -4.65. The molecule has 4 aromatic rings. The smallest absolute Gasteiger partial charge is 0.337 e. The molecule has 0 unspecified atom stereocenters.